The molecule has 0 bridgehead atoms. The molecule has 17 heavy (non-hydrogen) atoms. The first-order valence-corrected chi connectivity index (χ1v) is 6.91. The number of halogens is 3. The third kappa shape index (κ3) is 5.89. The Labute approximate surface area is 115 Å². The Morgan fingerprint density at radius 1 is 1.47 bits per heavy atom. The first kappa shape index (κ1) is 15.0. The van der Waals surface area contributed by atoms with Gasteiger partial charge in [0.05, 0.1) is 17.6 Å². The lowest BCUT2D eigenvalue weighted by Gasteiger charge is -2.22. The normalized spacial score (nSPS) is 13.4. The van der Waals surface area contributed by atoms with Gasteiger partial charge in [-0.15, -0.1) is 4.28 Å². The zero-order chi connectivity index (χ0) is 12.9. The van der Waals surface area contributed by atoms with Gasteiger partial charge in [-0.2, -0.15) is 8.86 Å². The number of benzene rings is 1. The summed E-state index contributed by atoms with van der Waals surface area (Å²) in [6.07, 6.45) is 0. The van der Waals surface area contributed by atoms with Gasteiger partial charge in [-0.25, -0.2) is 8.93 Å². The van der Waals surface area contributed by atoms with Crippen molar-refractivity contribution in [2.24, 2.45) is 0 Å². The molecule has 0 aromatic heterocycles. The van der Waals surface area contributed by atoms with Gasteiger partial charge < -0.3 is 0 Å². The van der Waals surface area contributed by atoms with Crippen LogP contribution in [-0.2, 0) is 15.6 Å². The Morgan fingerprint density at radius 2 is 2.06 bits per heavy atom. The van der Waals surface area contributed by atoms with Crippen LogP contribution in [0.5, 0.6) is 0 Å². The predicted molar refractivity (Wildman–Crippen MR) is 70.3 cm³/mol. The van der Waals surface area contributed by atoms with E-state index in [1.165, 1.54) is 7.05 Å². The molecule has 4 nitrogen and oxygen atoms in total. The van der Waals surface area contributed by atoms with Gasteiger partial charge in [0, 0.05) is 0 Å². The van der Waals surface area contributed by atoms with E-state index < -0.39 is 15.2 Å². The highest BCUT2D eigenvalue weighted by Gasteiger charge is 2.30. The Kier molecular flexibility index (Phi) is 5.98. The minimum absolute atomic E-state index is 0.341. The van der Waals surface area contributed by atoms with Gasteiger partial charge in [0.2, 0.25) is 0 Å². The summed E-state index contributed by atoms with van der Waals surface area (Å²) < 4.78 is 29.9. The van der Waals surface area contributed by atoms with Crippen molar-refractivity contribution in [3.05, 3.63) is 30.3 Å². The highest BCUT2D eigenvalue weighted by atomic mass is 35.5. The van der Waals surface area contributed by atoms with Gasteiger partial charge in [0.25, 0.3) is 11.3 Å². The van der Waals surface area contributed by atoms with Gasteiger partial charge in [-0.05, 0) is 19.2 Å². The van der Waals surface area contributed by atoms with Gasteiger partial charge in [0.15, 0.2) is 0 Å². The van der Waals surface area contributed by atoms with E-state index in [1.54, 1.807) is 30.3 Å². The van der Waals surface area contributed by atoms with E-state index in [2.05, 4.69) is 4.72 Å². The van der Waals surface area contributed by atoms with Crippen LogP contribution in [-0.4, -0.2) is 15.2 Å². The predicted octanol–water partition coefficient (Wildman–Crippen LogP) is 2.93. The van der Waals surface area contributed by atoms with Crippen LogP contribution in [0.1, 0.15) is 0 Å². The first-order valence-electron chi connectivity index (χ1n) is 4.31. The number of anilines is 1. The second-order valence-corrected chi connectivity index (χ2v) is 6.43. The molecule has 0 aliphatic heterocycles. The molecule has 1 aromatic carbocycles. The lowest BCUT2D eigenvalue weighted by atomic mass is 10.3. The monoisotopic (exact) mass is 318 g/mol. The summed E-state index contributed by atoms with van der Waals surface area (Å²) in [7, 11) is 1.42. The quantitative estimate of drug-likeness (QED) is 0.497. The summed E-state index contributed by atoms with van der Waals surface area (Å²) in [6, 6.07) is 8.43. The third-order valence-corrected chi connectivity index (χ3v) is 3.24. The van der Waals surface area contributed by atoms with Crippen molar-refractivity contribution in [1.82, 2.24) is 4.72 Å². The number of hydrogen-bond acceptors (Lipinski definition) is 4. The van der Waals surface area contributed by atoms with E-state index in [9.17, 15) is 8.60 Å². The van der Waals surface area contributed by atoms with Crippen molar-refractivity contribution < 1.29 is 12.9 Å². The van der Waals surface area contributed by atoms with Gasteiger partial charge in [-0.1, -0.05) is 41.4 Å². The Bertz CT molecular complexity index is 378. The van der Waals surface area contributed by atoms with Gasteiger partial charge in [0.1, 0.15) is 0 Å². The van der Waals surface area contributed by atoms with Crippen molar-refractivity contribution in [2.75, 3.05) is 11.5 Å². The van der Waals surface area contributed by atoms with E-state index in [-0.39, 0.29) is 0 Å². The molecule has 0 saturated carbocycles. The largest absolute Gasteiger partial charge is 0.325 e. The molecule has 1 unspecified atom stereocenters. The van der Waals surface area contributed by atoms with Crippen molar-refractivity contribution in [3.8, 4) is 0 Å². The highest BCUT2D eigenvalue weighted by Crippen LogP contribution is 2.40. The summed E-state index contributed by atoms with van der Waals surface area (Å²) in [5.41, 5.74) is 0.449. The van der Waals surface area contributed by atoms with Crippen molar-refractivity contribution in [1.29, 1.82) is 0 Å². The molecule has 1 atom stereocenters. The fraction of sp³-hybridized carbons (Fsp3) is 0.250. The summed E-state index contributed by atoms with van der Waals surface area (Å²) in [5.74, 6) is 0. The minimum atomic E-state index is -2.59. The lowest BCUT2D eigenvalue weighted by molar-refractivity contribution is 0.375. The number of para-hydroxylation sites is 1. The van der Waals surface area contributed by atoms with Crippen molar-refractivity contribution in [2.45, 2.75) is 3.92 Å². The summed E-state index contributed by atoms with van der Waals surface area (Å²) >= 11 is 8.97. The molecule has 0 aliphatic carbocycles. The Balaban J connectivity index is 2.83. The minimum Gasteiger partial charge on any atom is -0.216 e. The summed E-state index contributed by atoms with van der Waals surface area (Å²) in [5, 5.41) is 0. The molecule has 1 rings (SSSR count). The van der Waals surface area contributed by atoms with Crippen LogP contribution in [0.4, 0.5) is 10.1 Å². The van der Waals surface area contributed by atoms with Crippen LogP contribution in [0, 0.1) is 0 Å². The van der Waals surface area contributed by atoms with E-state index in [0.29, 0.717) is 17.6 Å². The smallest absolute Gasteiger partial charge is 0.216 e. The molecule has 0 spiro atoms. The molecule has 0 aliphatic rings. The fourth-order valence-electron chi connectivity index (χ4n) is 0.853. The summed E-state index contributed by atoms with van der Waals surface area (Å²) in [4.78, 5) is 0. The molecule has 1 aromatic rings. The topological polar surface area (TPSA) is 41.6 Å². The van der Waals surface area contributed by atoms with Crippen LogP contribution < -0.4 is 9.19 Å². The first-order chi connectivity index (χ1) is 7.92. The van der Waals surface area contributed by atoms with E-state index in [0.717, 1.165) is 4.47 Å². The number of nitrogens with one attached hydrogen (secondary N) is 1. The lowest BCUT2D eigenvalue weighted by Crippen LogP contribution is -2.26. The second-order valence-electron chi connectivity index (χ2n) is 2.64. The molecule has 0 saturated heterocycles. The number of nitrogens with zero attached hydrogens (tertiary/aromatic N) is 1. The maximum absolute atomic E-state index is 13.1. The van der Waals surface area contributed by atoms with Crippen LogP contribution in [0.25, 0.3) is 0 Å². The van der Waals surface area contributed by atoms with Crippen LogP contribution in [0.15, 0.2) is 30.3 Å². The molecular weight excluding hydrogens is 310 g/mol. The molecule has 9 heteroatoms. The van der Waals surface area contributed by atoms with Crippen LogP contribution in [0.3, 0.4) is 0 Å². The van der Waals surface area contributed by atoms with E-state index >= 15 is 0 Å². The number of rotatable bonds is 6. The van der Waals surface area contributed by atoms with Crippen molar-refractivity contribution >= 4 is 52.1 Å². The zero-order valence-electron chi connectivity index (χ0n) is 8.60. The maximum Gasteiger partial charge on any atom is 0.325 e. The average molecular weight is 319 g/mol. The Morgan fingerprint density at radius 3 is 2.53 bits per heavy atom. The summed E-state index contributed by atoms with van der Waals surface area (Å²) in [6.45, 7) is 0. The molecule has 0 heterocycles. The average Bonchev–Trinajstić information content (AvgIpc) is 2.27. The second kappa shape index (κ2) is 6.77. The zero-order valence-corrected chi connectivity index (χ0v) is 11.7. The number of alkyl halides is 3. The third-order valence-electron chi connectivity index (χ3n) is 1.46. The molecule has 1 N–H and O–H groups in total. The molecule has 0 radical (unpaired) electrons. The van der Waals surface area contributed by atoms with Crippen LogP contribution >= 0.6 is 35.1 Å². The maximum atomic E-state index is 13.1. The van der Waals surface area contributed by atoms with Crippen LogP contribution in [0.2, 0.25) is 0 Å². The molecular formula is C8H9Cl2FN2O2S2. The molecule has 96 valence electrons. The van der Waals surface area contributed by atoms with Crippen molar-refractivity contribution in [3.63, 3.8) is 0 Å². The van der Waals surface area contributed by atoms with Gasteiger partial charge in [-0.3, -0.25) is 0 Å². The van der Waals surface area contributed by atoms with Gasteiger partial charge >= 0.3 is 3.92 Å². The number of hydrogen-bond donors (Lipinski definition) is 1. The standard InChI is InChI=1S/C8H9Cl2FN2O2S2/c1-12-17(14)15-13(16-8(9,10)11)7-5-3-2-4-6-7/h2-6,12H,1H3. The fourth-order valence-corrected chi connectivity index (χ4v) is 2.22. The van der Waals surface area contributed by atoms with E-state index in [1.807, 2.05) is 0 Å². The van der Waals surface area contributed by atoms with E-state index in [4.69, 9.17) is 27.5 Å². The molecule has 0 amide bonds. The Hall–Kier alpha value is -0.0500. The highest BCUT2D eigenvalue weighted by molar-refractivity contribution is 8.04. The SMILES string of the molecule is CNS(=O)ON(SC(F)(Cl)Cl)c1ccccc1. The molecule has 0 fully saturated rings.